The van der Waals surface area contributed by atoms with Crippen LogP contribution in [0.2, 0.25) is 6.04 Å². The minimum atomic E-state index is -2.70. The predicted molar refractivity (Wildman–Crippen MR) is 149 cm³/mol. The van der Waals surface area contributed by atoms with E-state index < -0.39 is 20.9 Å². The summed E-state index contributed by atoms with van der Waals surface area (Å²) in [5, 5.41) is 14.9. The van der Waals surface area contributed by atoms with Gasteiger partial charge in [-0.1, -0.05) is 25.0 Å². The van der Waals surface area contributed by atoms with Crippen molar-refractivity contribution in [3.63, 3.8) is 0 Å². The van der Waals surface area contributed by atoms with Crippen molar-refractivity contribution in [2.75, 3.05) is 38.3 Å². The van der Waals surface area contributed by atoms with Gasteiger partial charge in [0.15, 0.2) is 0 Å². The van der Waals surface area contributed by atoms with E-state index in [4.69, 9.17) is 18.0 Å². The van der Waals surface area contributed by atoms with Gasteiger partial charge in [0.05, 0.1) is 6.61 Å². The molecule has 1 aromatic carbocycles. The lowest BCUT2D eigenvalue weighted by molar-refractivity contribution is -0.132. The molecule has 3 N–H and O–H groups in total. The molecule has 0 radical (unpaired) electrons. The van der Waals surface area contributed by atoms with Crippen molar-refractivity contribution in [2.45, 2.75) is 72.3 Å². The Kier molecular flexibility index (Phi) is 17.0. The molecule has 1 aromatic rings. The van der Waals surface area contributed by atoms with Crippen LogP contribution in [-0.4, -0.2) is 64.9 Å². The number of carbonyl (C=O) groups is 3. The van der Waals surface area contributed by atoms with Crippen LogP contribution in [0.25, 0.3) is 6.08 Å². The average Bonchev–Trinajstić information content (AvgIpc) is 2.86. The van der Waals surface area contributed by atoms with Crippen molar-refractivity contribution in [1.29, 1.82) is 0 Å². The maximum atomic E-state index is 11.9. The van der Waals surface area contributed by atoms with Crippen LogP contribution in [0.4, 0.5) is 10.5 Å². The molecule has 11 heteroatoms. The van der Waals surface area contributed by atoms with Gasteiger partial charge in [0, 0.05) is 50.6 Å². The Morgan fingerprint density at radius 2 is 1.50 bits per heavy atom. The van der Waals surface area contributed by atoms with E-state index in [1.165, 1.54) is 6.92 Å². The maximum Gasteiger partial charge on any atom is 0.500 e. The molecular weight excluding hydrogens is 508 g/mol. The zero-order valence-corrected chi connectivity index (χ0v) is 24.2. The van der Waals surface area contributed by atoms with Crippen molar-refractivity contribution in [1.82, 2.24) is 5.32 Å². The van der Waals surface area contributed by atoms with E-state index in [9.17, 15) is 19.5 Å². The van der Waals surface area contributed by atoms with Crippen LogP contribution in [0, 0.1) is 0 Å². The van der Waals surface area contributed by atoms with E-state index in [1.54, 1.807) is 30.3 Å². The minimum Gasteiger partial charge on any atom is -0.478 e. The summed E-state index contributed by atoms with van der Waals surface area (Å²) in [5.74, 6) is -1.10. The first kappa shape index (κ1) is 33.3. The number of benzene rings is 1. The average molecular weight is 553 g/mol. The number of ether oxygens (including phenoxy) is 1. The molecule has 0 fully saturated rings. The van der Waals surface area contributed by atoms with Crippen LogP contribution in [0.15, 0.2) is 29.8 Å². The SMILES string of the molecule is CCO[Si](CCCNC(=O)OCCCCCC/C(=C\c1ccc(NC(C)=O)cc1)C(=O)O)(OCC)OCC. The van der Waals surface area contributed by atoms with Crippen LogP contribution in [0.5, 0.6) is 0 Å². The third-order valence-electron chi connectivity index (χ3n) is 5.44. The zero-order chi connectivity index (χ0) is 28.2. The molecular formula is C27H44N2O8Si. The summed E-state index contributed by atoms with van der Waals surface area (Å²) < 4.78 is 22.6. The summed E-state index contributed by atoms with van der Waals surface area (Å²) in [5.41, 5.74) is 1.76. The molecule has 1 rings (SSSR count). The van der Waals surface area contributed by atoms with E-state index in [1.807, 2.05) is 20.8 Å². The zero-order valence-electron chi connectivity index (χ0n) is 23.2. The van der Waals surface area contributed by atoms with Crippen LogP contribution in [0.1, 0.15) is 71.8 Å². The summed E-state index contributed by atoms with van der Waals surface area (Å²) in [6.45, 7) is 9.47. The van der Waals surface area contributed by atoms with Gasteiger partial charge in [-0.2, -0.15) is 0 Å². The molecule has 0 aliphatic rings. The van der Waals surface area contributed by atoms with Gasteiger partial charge in [-0.25, -0.2) is 9.59 Å². The van der Waals surface area contributed by atoms with Crippen molar-refractivity contribution >= 4 is 38.5 Å². The smallest absolute Gasteiger partial charge is 0.478 e. The summed E-state index contributed by atoms with van der Waals surface area (Å²) in [6.07, 6.45) is 5.39. The van der Waals surface area contributed by atoms with Gasteiger partial charge in [0.2, 0.25) is 5.91 Å². The van der Waals surface area contributed by atoms with Crippen molar-refractivity contribution in [2.24, 2.45) is 0 Å². The molecule has 0 atom stereocenters. The molecule has 0 saturated heterocycles. The number of hydrogen-bond acceptors (Lipinski definition) is 7. The van der Waals surface area contributed by atoms with Crippen molar-refractivity contribution < 1.29 is 37.5 Å². The summed E-state index contributed by atoms with van der Waals surface area (Å²) >= 11 is 0. The van der Waals surface area contributed by atoms with Crippen molar-refractivity contribution in [3.8, 4) is 0 Å². The first-order valence-corrected chi connectivity index (χ1v) is 15.3. The van der Waals surface area contributed by atoms with Gasteiger partial charge >= 0.3 is 20.9 Å². The predicted octanol–water partition coefficient (Wildman–Crippen LogP) is 5.23. The largest absolute Gasteiger partial charge is 0.500 e. The monoisotopic (exact) mass is 552 g/mol. The van der Waals surface area contributed by atoms with Gasteiger partial charge in [-0.15, -0.1) is 0 Å². The van der Waals surface area contributed by atoms with Gasteiger partial charge in [-0.05, 0) is 70.2 Å². The Morgan fingerprint density at radius 3 is 2.05 bits per heavy atom. The number of aliphatic carboxylic acids is 1. The standard InChI is InChI=1S/C27H44N2O8Si/c1-5-35-38(36-6-2,37-7-3)20-12-18-28-27(33)34-19-11-9-8-10-13-24(26(31)32)21-23-14-16-25(17-15-23)29-22(4)30/h14-17,21H,5-13,18-20H2,1-4H3,(H,28,33)(H,29,30)(H,31,32)/b24-21+. The second kappa shape index (κ2) is 19.4. The van der Waals surface area contributed by atoms with E-state index in [0.29, 0.717) is 69.5 Å². The Bertz CT molecular complexity index is 859. The normalized spacial score (nSPS) is 11.7. The Morgan fingerprint density at radius 1 is 0.895 bits per heavy atom. The van der Waals surface area contributed by atoms with Crippen molar-refractivity contribution in [3.05, 3.63) is 35.4 Å². The van der Waals surface area contributed by atoms with Crippen LogP contribution < -0.4 is 10.6 Å². The van der Waals surface area contributed by atoms with Gasteiger partial charge < -0.3 is 33.8 Å². The third-order valence-corrected chi connectivity index (χ3v) is 8.59. The minimum absolute atomic E-state index is 0.160. The van der Waals surface area contributed by atoms with Gasteiger partial charge in [0.1, 0.15) is 0 Å². The molecule has 0 aromatic heterocycles. The fraction of sp³-hybridized carbons (Fsp3) is 0.593. The Labute approximate surface area is 227 Å². The second-order valence-electron chi connectivity index (χ2n) is 8.59. The number of carboxylic acids is 1. The topological polar surface area (TPSA) is 132 Å². The number of unbranched alkanes of at least 4 members (excludes halogenated alkanes) is 3. The molecule has 0 heterocycles. The van der Waals surface area contributed by atoms with Crippen LogP contribution in [0.3, 0.4) is 0 Å². The lowest BCUT2D eigenvalue weighted by Gasteiger charge is -2.28. The molecule has 38 heavy (non-hydrogen) atoms. The lowest BCUT2D eigenvalue weighted by atomic mass is 10.0. The summed E-state index contributed by atoms with van der Waals surface area (Å²) in [4.78, 5) is 34.7. The van der Waals surface area contributed by atoms with Gasteiger partial charge in [-0.3, -0.25) is 4.79 Å². The Balaban J connectivity index is 2.26. The number of hydrogen-bond donors (Lipinski definition) is 3. The highest BCUT2D eigenvalue weighted by Gasteiger charge is 2.39. The first-order chi connectivity index (χ1) is 18.2. The van der Waals surface area contributed by atoms with E-state index in [0.717, 1.165) is 24.8 Å². The maximum absolute atomic E-state index is 11.9. The summed E-state index contributed by atoms with van der Waals surface area (Å²) in [7, 11) is -2.70. The molecule has 10 nitrogen and oxygen atoms in total. The highest BCUT2D eigenvalue weighted by molar-refractivity contribution is 6.60. The first-order valence-electron chi connectivity index (χ1n) is 13.4. The van der Waals surface area contributed by atoms with Gasteiger partial charge in [0.25, 0.3) is 0 Å². The number of carboxylic acid groups (broad SMARTS) is 1. The quantitative estimate of drug-likeness (QED) is 0.114. The molecule has 2 amide bonds. The fourth-order valence-corrected chi connectivity index (χ4v) is 6.40. The molecule has 0 saturated carbocycles. The number of alkyl carbamates (subject to hydrolysis) is 1. The molecule has 0 aliphatic carbocycles. The summed E-state index contributed by atoms with van der Waals surface area (Å²) in [6, 6.07) is 7.64. The molecule has 0 unspecified atom stereocenters. The second-order valence-corrected chi connectivity index (χ2v) is 11.3. The number of carbonyl (C=O) groups excluding carboxylic acids is 2. The number of amides is 2. The van der Waals surface area contributed by atoms with E-state index >= 15 is 0 Å². The molecule has 214 valence electrons. The highest BCUT2D eigenvalue weighted by atomic mass is 28.4. The molecule has 0 bridgehead atoms. The third kappa shape index (κ3) is 14.3. The number of nitrogens with one attached hydrogen (secondary N) is 2. The highest BCUT2D eigenvalue weighted by Crippen LogP contribution is 2.18. The van der Waals surface area contributed by atoms with Crippen LogP contribution in [-0.2, 0) is 27.6 Å². The van der Waals surface area contributed by atoms with E-state index in [2.05, 4.69) is 10.6 Å². The van der Waals surface area contributed by atoms with Crippen LogP contribution >= 0.6 is 0 Å². The molecule has 0 aliphatic heterocycles. The fourth-order valence-electron chi connectivity index (χ4n) is 3.79. The number of rotatable bonds is 20. The molecule has 0 spiro atoms. The Hall–Kier alpha value is -2.73. The van der Waals surface area contributed by atoms with E-state index in [-0.39, 0.29) is 5.91 Å². The number of anilines is 1. The lowest BCUT2D eigenvalue weighted by Crippen LogP contribution is -2.46.